The van der Waals surface area contributed by atoms with Gasteiger partial charge in [-0.1, -0.05) is 11.6 Å². The zero-order chi connectivity index (χ0) is 19.3. The molecule has 3 aromatic heterocycles. The fourth-order valence-corrected chi connectivity index (χ4v) is 4.40. The third-order valence-electron chi connectivity index (χ3n) is 5.56. The zero-order valence-electron chi connectivity index (χ0n) is 15.8. The van der Waals surface area contributed by atoms with Crippen LogP contribution in [0.2, 0.25) is 5.02 Å². The lowest BCUT2D eigenvalue weighted by Gasteiger charge is -2.22. The first kappa shape index (κ1) is 17.4. The van der Waals surface area contributed by atoms with Gasteiger partial charge >= 0.3 is 0 Å². The second kappa shape index (κ2) is 6.70. The summed E-state index contributed by atoms with van der Waals surface area (Å²) in [6.07, 6.45) is 4.94. The lowest BCUT2D eigenvalue weighted by molar-refractivity contribution is 0.533. The standard InChI is InChI=1S/C19H21ClN8/c1-12-3-13(2)28(25-12)18-4-17(23-11-24-18)26-7-14-9-27(10-15(14)8-26)19-21-5-16(20)6-22-19/h3-6,11,14-15H,7-10H2,1-2H3. The maximum Gasteiger partial charge on any atom is 0.225 e. The van der Waals surface area contributed by atoms with Crippen molar-refractivity contribution < 1.29 is 0 Å². The van der Waals surface area contributed by atoms with Crippen LogP contribution >= 0.6 is 11.6 Å². The SMILES string of the molecule is Cc1cc(C)n(-c2cc(N3CC4CN(c5ncc(Cl)cn5)CC4C3)ncn2)n1. The molecule has 0 bridgehead atoms. The minimum Gasteiger partial charge on any atom is -0.356 e. The summed E-state index contributed by atoms with van der Waals surface area (Å²) in [5, 5.41) is 5.10. The predicted octanol–water partition coefficient (Wildman–Crippen LogP) is 2.30. The molecule has 0 N–H and O–H groups in total. The summed E-state index contributed by atoms with van der Waals surface area (Å²) in [6.45, 7) is 7.89. The molecular formula is C19H21ClN8. The van der Waals surface area contributed by atoms with Crippen LogP contribution in [0.5, 0.6) is 0 Å². The van der Waals surface area contributed by atoms with Crippen LogP contribution in [0.3, 0.4) is 0 Å². The molecule has 5 rings (SSSR count). The first-order valence-electron chi connectivity index (χ1n) is 9.40. The highest BCUT2D eigenvalue weighted by Crippen LogP contribution is 2.34. The van der Waals surface area contributed by atoms with E-state index in [1.54, 1.807) is 18.7 Å². The number of fused-ring (bicyclic) bond motifs is 1. The topological polar surface area (TPSA) is 75.9 Å². The van der Waals surface area contributed by atoms with Gasteiger partial charge in [-0.3, -0.25) is 0 Å². The van der Waals surface area contributed by atoms with Crippen molar-refractivity contribution in [1.82, 2.24) is 29.7 Å². The molecule has 5 heterocycles. The van der Waals surface area contributed by atoms with Crippen LogP contribution in [-0.2, 0) is 0 Å². The molecule has 2 aliphatic rings. The average Bonchev–Trinajstić information content (AvgIpc) is 3.35. The van der Waals surface area contributed by atoms with E-state index in [2.05, 4.69) is 40.9 Å². The number of hydrogen-bond donors (Lipinski definition) is 0. The molecule has 3 aromatic rings. The molecule has 0 aliphatic carbocycles. The van der Waals surface area contributed by atoms with Crippen molar-refractivity contribution in [3.8, 4) is 5.82 Å². The van der Waals surface area contributed by atoms with Gasteiger partial charge < -0.3 is 9.80 Å². The van der Waals surface area contributed by atoms with Gasteiger partial charge in [-0.15, -0.1) is 0 Å². The summed E-state index contributed by atoms with van der Waals surface area (Å²) in [5.74, 6) is 3.68. The molecule has 144 valence electrons. The van der Waals surface area contributed by atoms with Crippen LogP contribution < -0.4 is 9.80 Å². The van der Waals surface area contributed by atoms with Gasteiger partial charge in [0.25, 0.3) is 0 Å². The van der Waals surface area contributed by atoms with Crippen molar-refractivity contribution in [2.45, 2.75) is 13.8 Å². The molecule has 28 heavy (non-hydrogen) atoms. The summed E-state index contributed by atoms with van der Waals surface area (Å²) in [7, 11) is 0. The Morgan fingerprint density at radius 3 is 2.14 bits per heavy atom. The van der Waals surface area contributed by atoms with Crippen LogP contribution in [0.25, 0.3) is 5.82 Å². The third kappa shape index (κ3) is 3.07. The minimum atomic E-state index is 0.566. The number of anilines is 2. The molecular weight excluding hydrogens is 376 g/mol. The van der Waals surface area contributed by atoms with Gasteiger partial charge in [0.1, 0.15) is 12.1 Å². The van der Waals surface area contributed by atoms with Crippen LogP contribution in [0.1, 0.15) is 11.4 Å². The maximum atomic E-state index is 5.90. The van der Waals surface area contributed by atoms with Gasteiger partial charge in [0.05, 0.1) is 23.1 Å². The monoisotopic (exact) mass is 396 g/mol. The summed E-state index contributed by atoms with van der Waals surface area (Å²) in [6, 6.07) is 4.08. The third-order valence-corrected chi connectivity index (χ3v) is 5.76. The average molecular weight is 397 g/mol. The van der Waals surface area contributed by atoms with Gasteiger partial charge in [0.15, 0.2) is 5.82 Å². The minimum absolute atomic E-state index is 0.566. The highest BCUT2D eigenvalue weighted by molar-refractivity contribution is 6.30. The van der Waals surface area contributed by atoms with Gasteiger partial charge in [-0.2, -0.15) is 5.10 Å². The Bertz CT molecular complexity index is 987. The van der Waals surface area contributed by atoms with Crippen LogP contribution in [0.4, 0.5) is 11.8 Å². The molecule has 8 nitrogen and oxygen atoms in total. The first-order valence-corrected chi connectivity index (χ1v) is 9.78. The molecule has 2 atom stereocenters. The van der Waals surface area contributed by atoms with Crippen molar-refractivity contribution >= 4 is 23.4 Å². The van der Waals surface area contributed by atoms with Crippen molar-refractivity contribution in [2.75, 3.05) is 36.0 Å². The summed E-state index contributed by atoms with van der Waals surface area (Å²) >= 11 is 5.90. The highest BCUT2D eigenvalue weighted by Gasteiger charge is 2.41. The molecule has 0 amide bonds. The fraction of sp³-hybridized carbons (Fsp3) is 0.421. The summed E-state index contributed by atoms with van der Waals surface area (Å²) in [5.41, 5.74) is 2.05. The van der Waals surface area contributed by atoms with Gasteiger partial charge in [0, 0.05) is 49.8 Å². The molecule has 0 spiro atoms. The van der Waals surface area contributed by atoms with E-state index in [0.717, 1.165) is 55.2 Å². The second-order valence-electron chi connectivity index (χ2n) is 7.60. The number of aryl methyl sites for hydroxylation is 2. The maximum absolute atomic E-state index is 5.90. The van der Waals surface area contributed by atoms with Gasteiger partial charge in [0.2, 0.25) is 5.95 Å². The van der Waals surface area contributed by atoms with E-state index < -0.39 is 0 Å². The normalized spacial score (nSPS) is 21.4. The number of aromatic nitrogens is 6. The predicted molar refractivity (Wildman–Crippen MR) is 107 cm³/mol. The highest BCUT2D eigenvalue weighted by atomic mass is 35.5. The van der Waals surface area contributed by atoms with Gasteiger partial charge in [-0.25, -0.2) is 24.6 Å². The van der Waals surface area contributed by atoms with Crippen molar-refractivity contribution in [1.29, 1.82) is 0 Å². The van der Waals surface area contributed by atoms with E-state index in [9.17, 15) is 0 Å². The Balaban J connectivity index is 1.31. The van der Waals surface area contributed by atoms with Crippen molar-refractivity contribution in [2.24, 2.45) is 11.8 Å². The number of halogens is 1. The van der Waals surface area contributed by atoms with Gasteiger partial charge in [-0.05, 0) is 19.9 Å². The molecule has 9 heteroatoms. The molecule has 0 saturated carbocycles. The lowest BCUT2D eigenvalue weighted by atomic mass is 10.0. The Hall–Kier alpha value is -2.74. The van der Waals surface area contributed by atoms with E-state index in [0.29, 0.717) is 16.9 Å². The van der Waals surface area contributed by atoms with Crippen LogP contribution in [0, 0.1) is 25.7 Å². The first-order chi connectivity index (χ1) is 13.6. The van der Waals surface area contributed by atoms with Crippen molar-refractivity contribution in [3.63, 3.8) is 0 Å². The van der Waals surface area contributed by atoms with Crippen LogP contribution in [-0.4, -0.2) is 55.9 Å². The molecule has 2 saturated heterocycles. The Morgan fingerprint density at radius 1 is 0.857 bits per heavy atom. The Kier molecular flexibility index (Phi) is 4.16. The van der Waals surface area contributed by atoms with E-state index in [-0.39, 0.29) is 0 Å². The Labute approximate surface area is 168 Å². The molecule has 2 unspecified atom stereocenters. The quantitative estimate of drug-likeness (QED) is 0.672. The van der Waals surface area contributed by atoms with E-state index >= 15 is 0 Å². The summed E-state index contributed by atoms with van der Waals surface area (Å²) < 4.78 is 1.87. The Morgan fingerprint density at radius 2 is 1.50 bits per heavy atom. The van der Waals surface area contributed by atoms with Crippen LogP contribution in [0.15, 0.2) is 30.9 Å². The van der Waals surface area contributed by atoms with E-state index in [1.807, 2.05) is 24.6 Å². The largest absolute Gasteiger partial charge is 0.356 e. The summed E-state index contributed by atoms with van der Waals surface area (Å²) in [4.78, 5) is 22.3. The van der Waals surface area contributed by atoms with E-state index in [4.69, 9.17) is 11.6 Å². The van der Waals surface area contributed by atoms with Crippen molar-refractivity contribution in [3.05, 3.63) is 47.3 Å². The number of hydrogen-bond acceptors (Lipinski definition) is 7. The number of rotatable bonds is 3. The molecule has 0 radical (unpaired) electrons. The number of nitrogens with zero attached hydrogens (tertiary/aromatic N) is 8. The lowest BCUT2D eigenvalue weighted by Crippen LogP contribution is -2.30. The zero-order valence-corrected chi connectivity index (χ0v) is 16.6. The molecule has 2 fully saturated rings. The second-order valence-corrected chi connectivity index (χ2v) is 8.04. The fourth-order valence-electron chi connectivity index (χ4n) is 4.30. The molecule has 0 aromatic carbocycles. The molecule has 2 aliphatic heterocycles. The van der Waals surface area contributed by atoms with E-state index in [1.165, 1.54) is 0 Å². The smallest absolute Gasteiger partial charge is 0.225 e.